The van der Waals surface area contributed by atoms with Crippen LogP contribution < -0.4 is 4.74 Å². The predicted molar refractivity (Wildman–Crippen MR) is 68.9 cm³/mol. The zero-order chi connectivity index (χ0) is 13.0. The van der Waals surface area contributed by atoms with Crippen LogP contribution >= 0.6 is 0 Å². The molecule has 98 valence electrons. The van der Waals surface area contributed by atoms with Gasteiger partial charge in [0, 0.05) is 6.54 Å². The lowest BCUT2D eigenvalue weighted by Crippen LogP contribution is -2.37. The average molecular weight is 249 g/mol. The second kappa shape index (κ2) is 5.87. The summed E-state index contributed by atoms with van der Waals surface area (Å²) in [5.74, 6) is 0.324. The molecule has 1 aliphatic heterocycles. The van der Waals surface area contributed by atoms with Gasteiger partial charge in [-0.1, -0.05) is 26.0 Å². The van der Waals surface area contributed by atoms with Gasteiger partial charge >= 0.3 is 5.97 Å². The maximum Gasteiger partial charge on any atom is 0.342 e. The van der Waals surface area contributed by atoms with E-state index in [1.54, 1.807) is 12.1 Å². The SMILES string of the molecule is CCN(CC)CC1COc2ccccc2C(=O)O1. The van der Waals surface area contributed by atoms with Gasteiger partial charge in [0.25, 0.3) is 0 Å². The molecular weight excluding hydrogens is 230 g/mol. The summed E-state index contributed by atoms with van der Waals surface area (Å²) in [5, 5.41) is 0. The minimum Gasteiger partial charge on any atom is -0.489 e. The lowest BCUT2D eigenvalue weighted by Gasteiger charge is -2.23. The van der Waals surface area contributed by atoms with Crippen LogP contribution in [0.25, 0.3) is 0 Å². The highest BCUT2D eigenvalue weighted by molar-refractivity contribution is 5.92. The van der Waals surface area contributed by atoms with Crippen LogP contribution in [0.5, 0.6) is 5.75 Å². The fourth-order valence-electron chi connectivity index (χ4n) is 2.05. The summed E-state index contributed by atoms with van der Waals surface area (Å²) in [7, 11) is 0. The second-order valence-electron chi connectivity index (χ2n) is 4.32. The summed E-state index contributed by atoms with van der Waals surface area (Å²) in [6.07, 6.45) is -0.204. The number of nitrogens with zero attached hydrogens (tertiary/aromatic N) is 1. The number of ether oxygens (including phenoxy) is 2. The maximum absolute atomic E-state index is 12.0. The van der Waals surface area contributed by atoms with E-state index < -0.39 is 0 Å². The summed E-state index contributed by atoms with van der Waals surface area (Å²) in [6, 6.07) is 7.21. The molecule has 0 amide bonds. The zero-order valence-electron chi connectivity index (χ0n) is 10.9. The third-order valence-electron chi connectivity index (χ3n) is 3.16. The Morgan fingerprint density at radius 2 is 2.00 bits per heavy atom. The molecule has 0 N–H and O–H groups in total. The van der Waals surface area contributed by atoms with Gasteiger partial charge in [0.2, 0.25) is 0 Å². The number of para-hydroxylation sites is 1. The van der Waals surface area contributed by atoms with Crippen LogP contribution in [0.2, 0.25) is 0 Å². The smallest absolute Gasteiger partial charge is 0.342 e. The van der Waals surface area contributed by atoms with Crippen LogP contribution in [0.3, 0.4) is 0 Å². The number of cyclic esters (lactones) is 1. The number of rotatable bonds is 4. The molecule has 0 saturated heterocycles. The van der Waals surface area contributed by atoms with Gasteiger partial charge in [-0.3, -0.25) is 0 Å². The Bertz CT molecular complexity index is 415. The van der Waals surface area contributed by atoms with Gasteiger partial charge in [0.05, 0.1) is 0 Å². The summed E-state index contributed by atoms with van der Waals surface area (Å²) in [6.45, 7) is 7.20. The average Bonchev–Trinajstić information content (AvgIpc) is 2.56. The van der Waals surface area contributed by atoms with Crippen molar-refractivity contribution in [1.29, 1.82) is 0 Å². The van der Waals surface area contributed by atoms with Crippen molar-refractivity contribution in [3.8, 4) is 5.75 Å². The third kappa shape index (κ3) is 2.82. The monoisotopic (exact) mass is 249 g/mol. The highest BCUT2D eigenvalue weighted by atomic mass is 16.6. The fourth-order valence-corrected chi connectivity index (χ4v) is 2.05. The number of hydrogen-bond acceptors (Lipinski definition) is 4. The molecule has 2 rings (SSSR count). The third-order valence-corrected chi connectivity index (χ3v) is 3.16. The minimum absolute atomic E-state index is 0.204. The lowest BCUT2D eigenvalue weighted by molar-refractivity contribution is 0.0131. The number of carbonyl (C=O) groups excluding carboxylic acids is 1. The van der Waals surface area contributed by atoms with Crippen molar-refractivity contribution >= 4 is 5.97 Å². The van der Waals surface area contributed by atoms with E-state index in [9.17, 15) is 4.79 Å². The normalized spacial score (nSPS) is 18.8. The number of hydrogen-bond donors (Lipinski definition) is 0. The topological polar surface area (TPSA) is 38.8 Å². The Morgan fingerprint density at radius 3 is 2.72 bits per heavy atom. The first-order valence-corrected chi connectivity index (χ1v) is 6.39. The zero-order valence-corrected chi connectivity index (χ0v) is 10.9. The summed E-state index contributed by atoms with van der Waals surface area (Å²) in [5.41, 5.74) is 0.513. The molecule has 0 radical (unpaired) electrons. The van der Waals surface area contributed by atoms with Crippen LogP contribution in [0, 0.1) is 0 Å². The van der Waals surface area contributed by atoms with Gasteiger partial charge in [-0.2, -0.15) is 0 Å². The fraction of sp³-hybridized carbons (Fsp3) is 0.500. The van der Waals surface area contributed by atoms with Crippen LogP contribution in [0.15, 0.2) is 24.3 Å². The van der Waals surface area contributed by atoms with Gasteiger partial charge in [-0.25, -0.2) is 4.79 Å². The van der Waals surface area contributed by atoms with Gasteiger partial charge in [0.1, 0.15) is 24.0 Å². The van der Waals surface area contributed by atoms with Crippen molar-refractivity contribution in [3.05, 3.63) is 29.8 Å². The predicted octanol–water partition coefficient (Wildman–Crippen LogP) is 1.95. The molecule has 1 unspecified atom stereocenters. The number of esters is 1. The Labute approximate surface area is 107 Å². The highest BCUT2D eigenvalue weighted by Gasteiger charge is 2.25. The van der Waals surface area contributed by atoms with Gasteiger partial charge in [0.15, 0.2) is 0 Å². The molecule has 0 bridgehead atoms. The molecule has 0 aromatic heterocycles. The van der Waals surface area contributed by atoms with Crippen LogP contribution in [-0.4, -0.2) is 43.2 Å². The van der Waals surface area contributed by atoms with Gasteiger partial charge in [-0.15, -0.1) is 0 Å². The standard InChI is InChI=1S/C14H19NO3/c1-3-15(4-2)9-11-10-17-13-8-6-5-7-12(13)14(16)18-11/h5-8,11H,3-4,9-10H2,1-2H3. The molecule has 4 heteroatoms. The quantitative estimate of drug-likeness (QED) is 0.764. The number of benzene rings is 1. The van der Waals surface area contributed by atoms with E-state index in [-0.39, 0.29) is 12.1 Å². The summed E-state index contributed by atoms with van der Waals surface area (Å²) < 4.78 is 11.1. The first kappa shape index (κ1) is 12.9. The molecule has 0 saturated carbocycles. The molecule has 1 aliphatic rings. The Balaban J connectivity index is 2.07. The van der Waals surface area contributed by atoms with E-state index in [0.29, 0.717) is 24.5 Å². The summed E-state index contributed by atoms with van der Waals surface area (Å²) in [4.78, 5) is 14.2. The van der Waals surface area contributed by atoms with Gasteiger partial charge < -0.3 is 14.4 Å². The molecule has 4 nitrogen and oxygen atoms in total. The van der Waals surface area contributed by atoms with E-state index in [4.69, 9.17) is 9.47 Å². The molecule has 1 aromatic rings. The van der Waals surface area contributed by atoms with E-state index in [1.807, 2.05) is 12.1 Å². The van der Waals surface area contributed by atoms with Gasteiger partial charge in [-0.05, 0) is 25.2 Å². The summed E-state index contributed by atoms with van der Waals surface area (Å²) >= 11 is 0. The van der Waals surface area contributed by atoms with Crippen molar-refractivity contribution in [2.75, 3.05) is 26.2 Å². The van der Waals surface area contributed by atoms with E-state index in [0.717, 1.165) is 13.1 Å². The van der Waals surface area contributed by atoms with Crippen molar-refractivity contribution in [2.45, 2.75) is 20.0 Å². The molecule has 1 heterocycles. The van der Waals surface area contributed by atoms with E-state index in [1.165, 1.54) is 0 Å². The maximum atomic E-state index is 12.0. The molecule has 18 heavy (non-hydrogen) atoms. The van der Waals surface area contributed by atoms with Crippen molar-refractivity contribution in [3.63, 3.8) is 0 Å². The molecule has 1 atom stereocenters. The second-order valence-corrected chi connectivity index (χ2v) is 4.32. The first-order valence-electron chi connectivity index (χ1n) is 6.39. The molecule has 0 spiro atoms. The molecule has 1 aromatic carbocycles. The Hall–Kier alpha value is -1.55. The molecular formula is C14H19NO3. The van der Waals surface area contributed by atoms with Crippen molar-refractivity contribution < 1.29 is 14.3 Å². The Kier molecular flexibility index (Phi) is 4.20. The number of likely N-dealkylation sites (N-methyl/N-ethyl adjacent to an activating group) is 1. The number of carbonyl (C=O) groups is 1. The molecule has 0 fully saturated rings. The van der Waals surface area contributed by atoms with E-state index >= 15 is 0 Å². The van der Waals surface area contributed by atoms with E-state index in [2.05, 4.69) is 18.7 Å². The van der Waals surface area contributed by atoms with Crippen LogP contribution in [-0.2, 0) is 4.74 Å². The largest absolute Gasteiger partial charge is 0.489 e. The highest BCUT2D eigenvalue weighted by Crippen LogP contribution is 2.23. The Morgan fingerprint density at radius 1 is 1.28 bits per heavy atom. The number of fused-ring (bicyclic) bond motifs is 1. The van der Waals surface area contributed by atoms with Crippen LogP contribution in [0.4, 0.5) is 0 Å². The molecule has 0 aliphatic carbocycles. The lowest BCUT2D eigenvalue weighted by atomic mass is 10.2. The first-order chi connectivity index (χ1) is 8.74. The van der Waals surface area contributed by atoms with Crippen LogP contribution in [0.1, 0.15) is 24.2 Å². The minimum atomic E-state index is -0.291. The van der Waals surface area contributed by atoms with Crippen molar-refractivity contribution in [2.24, 2.45) is 0 Å². The van der Waals surface area contributed by atoms with Crippen molar-refractivity contribution in [1.82, 2.24) is 4.90 Å².